The minimum Gasteiger partial charge on any atom is -0.481 e. The summed E-state index contributed by atoms with van der Waals surface area (Å²) < 4.78 is 12.1. The lowest BCUT2D eigenvalue weighted by atomic mass is 9.86. The summed E-state index contributed by atoms with van der Waals surface area (Å²) in [5.41, 5.74) is 0.321. The molecule has 0 unspecified atom stereocenters. The Bertz CT molecular complexity index is 760. The fourth-order valence-corrected chi connectivity index (χ4v) is 2.91. The molecule has 9 heteroatoms. The maximum atomic E-state index is 12.5. The van der Waals surface area contributed by atoms with Gasteiger partial charge < -0.3 is 19.7 Å². The van der Waals surface area contributed by atoms with Crippen LogP contribution in [-0.4, -0.2) is 50.7 Å². The van der Waals surface area contributed by atoms with E-state index in [4.69, 9.17) is 14.4 Å². The van der Waals surface area contributed by atoms with Gasteiger partial charge in [0.2, 0.25) is 0 Å². The van der Waals surface area contributed by atoms with Crippen molar-refractivity contribution in [2.24, 2.45) is 0 Å². The predicted octanol–water partition coefficient (Wildman–Crippen LogP) is 0.982. The van der Waals surface area contributed by atoms with E-state index >= 15 is 0 Å². The number of aliphatic carboxylic acids is 1. The van der Waals surface area contributed by atoms with E-state index in [0.717, 1.165) is 5.56 Å². The number of nitrogens with zero attached hydrogens (tertiary/aromatic N) is 3. The number of aromatic nitrogens is 3. The average Bonchev–Trinajstić information content (AvgIpc) is 3.17. The summed E-state index contributed by atoms with van der Waals surface area (Å²) in [5.74, 6) is -0.917. The highest BCUT2D eigenvalue weighted by Crippen LogP contribution is 2.25. The Labute approximate surface area is 143 Å². The van der Waals surface area contributed by atoms with Crippen LogP contribution in [0, 0.1) is 6.92 Å². The lowest BCUT2D eigenvalue weighted by Gasteiger charge is -2.36. The summed E-state index contributed by atoms with van der Waals surface area (Å²) in [6.07, 6.45) is 4.32. The largest absolute Gasteiger partial charge is 0.481 e. The molecule has 1 amide bonds. The van der Waals surface area contributed by atoms with Crippen molar-refractivity contribution in [3.8, 4) is 0 Å². The van der Waals surface area contributed by atoms with Gasteiger partial charge in [0.25, 0.3) is 5.91 Å². The first-order valence-corrected chi connectivity index (χ1v) is 8.02. The van der Waals surface area contributed by atoms with E-state index in [1.807, 2.05) is 13.1 Å². The lowest BCUT2D eigenvalue weighted by Crippen LogP contribution is -2.53. The van der Waals surface area contributed by atoms with Crippen molar-refractivity contribution in [3.63, 3.8) is 0 Å². The molecule has 9 nitrogen and oxygen atoms in total. The molecular weight excluding hydrogens is 328 g/mol. The smallest absolute Gasteiger partial charge is 0.305 e. The van der Waals surface area contributed by atoms with Gasteiger partial charge in [-0.05, 0) is 25.3 Å². The van der Waals surface area contributed by atoms with Gasteiger partial charge in [0.1, 0.15) is 6.54 Å². The molecule has 1 aliphatic rings. The molecule has 3 heterocycles. The van der Waals surface area contributed by atoms with E-state index in [0.29, 0.717) is 38.4 Å². The summed E-state index contributed by atoms with van der Waals surface area (Å²) in [4.78, 5) is 23.6. The monoisotopic (exact) mass is 348 g/mol. The molecule has 2 aromatic heterocycles. The topological polar surface area (TPSA) is 119 Å². The third-order valence-corrected chi connectivity index (χ3v) is 4.19. The van der Waals surface area contributed by atoms with E-state index in [-0.39, 0.29) is 12.1 Å². The molecule has 2 N–H and O–H groups in total. The zero-order valence-electron chi connectivity index (χ0n) is 13.9. The summed E-state index contributed by atoms with van der Waals surface area (Å²) in [7, 11) is 0. The Morgan fingerprint density at radius 1 is 1.40 bits per heavy atom. The minimum atomic E-state index is -0.961. The van der Waals surface area contributed by atoms with Crippen molar-refractivity contribution >= 4 is 11.9 Å². The highest BCUT2D eigenvalue weighted by atomic mass is 16.5. The first-order valence-electron chi connectivity index (χ1n) is 8.02. The molecule has 0 spiro atoms. The van der Waals surface area contributed by atoms with Crippen LogP contribution >= 0.6 is 0 Å². The maximum absolute atomic E-state index is 12.5. The number of rotatable bonds is 6. The Kier molecular flexibility index (Phi) is 4.84. The van der Waals surface area contributed by atoms with Crippen LogP contribution in [0.25, 0.3) is 0 Å². The molecule has 0 radical (unpaired) electrons. The zero-order chi connectivity index (χ0) is 17.9. The second kappa shape index (κ2) is 7.06. The molecule has 3 rings (SSSR count). The standard InChI is InChI=1S/C16H20N4O5/c1-11-8-17-20(9-11)10-12-6-13(19-25-12)15(23)18-16(7-14(21)22)2-4-24-5-3-16/h6,8-9H,2-5,7,10H2,1H3,(H,18,23)(H,21,22). The minimum absolute atomic E-state index is 0.120. The molecule has 1 aliphatic heterocycles. The van der Waals surface area contributed by atoms with Gasteiger partial charge in [-0.1, -0.05) is 5.16 Å². The van der Waals surface area contributed by atoms with Crippen LogP contribution < -0.4 is 5.32 Å². The predicted molar refractivity (Wildman–Crippen MR) is 85.1 cm³/mol. The molecule has 0 bridgehead atoms. The molecule has 0 atom stereocenters. The van der Waals surface area contributed by atoms with Crippen LogP contribution in [0.1, 0.15) is 41.1 Å². The molecule has 1 saturated heterocycles. The van der Waals surface area contributed by atoms with Crippen LogP contribution in [0.3, 0.4) is 0 Å². The fraction of sp³-hybridized carbons (Fsp3) is 0.500. The number of hydrogen-bond donors (Lipinski definition) is 2. The molecule has 134 valence electrons. The third-order valence-electron chi connectivity index (χ3n) is 4.19. The Hall–Kier alpha value is -2.68. The number of carbonyl (C=O) groups is 2. The number of carboxylic acid groups (broad SMARTS) is 1. The third kappa shape index (κ3) is 4.24. The second-order valence-corrected chi connectivity index (χ2v) is 6.31. The Morgan fingerprint density at radius 3 is 2.80 bits per heavy atom. The molecule has 0 saturated carbocycles. The first-order chi connectivity index (χ1) is 12.0. The van der Waals surface area contributed by atoms with E-state index in [1.165, 1.54) is 0 Å². The van der Waals surface area contributed by atoms with Crippen molar-refractivity contribution in [3.05, 3.63) is 35.5 Å². The summed E-state index contributed by atoms with van der Waals surface area (Å²) in [6, 6.07) is 1.54. The molecule has 2 aromatic rings. The summed E-state index contributed by atoms with van der Waals surface area (Å²) >= 11 is 0. The number of carbonyl (C=O) groups excluding carboxylic acids is 1. The Morgan fingerprint density at radius 2 is 2.16 bits per heavy atom. The molecule has 0 aromatic carbocycles. The van der Waals surface area contributed by atoms with Gasteiger partial charge in [-0.2, -0.15) is 5.10 Å². The molecular formula is C16H20N4O5. The lowest BCUT2D eigenvalue weighted by molar-refractivity contribution is -0.139. The van der Waals surface area contributed by atoms with Gasteiger partial charge in [-0.25, -0.2) is 0 Å². The van der Waals surface area contributed by atoms with Crippen LogP contribution in [0.2, 0.25) is 0 Å². The van der Waals surface area contributed by atoms with Gasteiger partial charge in [-0.15, -0.1) is 0 Å². The van der Waals surface area contributed by atoms with Crippen LogP contribution in [0.5, 0.6) is 0 Å². The number of nitrogens with one attached hydrogen (secondary N) is 1. The van der Waals surface area contributed by atoms with E-state index in [2.05, 4.69) is 15.6 Å². The maximum Gasteiger partial charge on any atom is 0.305 e. The van der Waals surface area contributed by atoms with Crippen molar-refractivity contribution in [2.75, 3.05) is 13.2 Å². The first kappa shape index (κ1) is 17.2. The van der Waals surface area contributed by atoms with E-state index < -0.39 is 17.4 Å². The van der Waals surface area contributed by atoms with Crippen LogP contribution in [-0.2, 0) is 16.1 Å². The molecule has 25 heavy (non-hydrogen) atoms. The Balaban J connectivity index is 1.68. The number of ether oxygens (including phenoxy) is 1. The van der Waals surface area contributed by atoms with Crippen molar-refractivity contribution in [1.82, 2.24) is 20.3 Å². The summed E-state index contributed by atoms with van der Waals surface area (Å²) in [6.45, 7) is 3.12. The van der Waals surface area contributed by atoms with E-state index in [9.17, 15) is 9.59 Å². The number of hydrogen-bond acceptors (Lipinski definition) is 6. The second-order valence-electron chi connectivity index (χ2n) is 6.31. The van der Waals surface area contributed by atoms with Crippen LogP contribution in [0.15, 0.2) is 23.0 Å². The quantitative estimate of drug-likeness (QED) is 0.798. The fourth-order valence-electron chi connectivity index (χ4n) is 2.91. The average molecular weight is 348 g/mol. The van der Waals surface area contributed by atoms with E-state index in [1.54, 1.807) is 16.9 Å². The number of aryl methyl sites for hydroxylation is 1. The number of amides is 1. The number of carboxylic acids is 1. The van der Waals surface area contributed by atoms with Crippen LogP contribution in [0.4, 0.5) is 0 Å². The highest BCUT2D eigenvalue weighted by Gasteiger charge is 2.37. The van der Waals surface area contributed by atoms with Gasteiger partial charge in [-0.3, -0.25) is 14.3 Å². The molecule has 0 aliphatic carbocycles. The normalized spacial score (nSPS) is 16.5. The highest BCUT2D eigenvalue weighted by molar-refractivity contribution is 5.93. The van der Waals surface area contributed by atoms with Crippen molar-refractivity contribution in [1.29, 1.82) is 0 Å². The van der Waals surface area contributed by atoms with Gasteiger partial charge in [0.05, 0.1) is 18.2 Å². The van der Waals surface area contributed by atoms with Gasteiger partial charge >= 0.3 is 5.97 Å². The molecule has 1 fully saturated rings. The SMILES string of the molecule is Cc1cnn(Cc2cc(C(=O)NC3(CC(=O)O)CCOCC3)no2)c1. The van der Waals surface area contributed by atoms with Gasteiger partial charge in [0, 0.05) is 25.5 Å². The zero-order valence-corrected chi connectivity index (χ0v) is 13.9. The van der Waals surface area contributed by atoms with Crippen molar-refractivity contribution < 1.29 is 24.0 Å². The van der Waals surface area contributed by atoms with Crippen molar-refractivity contribution in [2.45, 2.75) is 38.3 Å². The van der Waals surface area contributed by atoms with Gasteiger partial charge in [0.15, 0.2) is 11.5 Å². The summed E-state index contributed by atoms with van der Waals surface area (Å²) in [5, 5.41) is 19.9.